The standard InChI is InChI=1S/C16H22FN3O2/c1-19-7-8-22-15-11-20(10-14(15)19)6-5-16(21)18-13-4-2-3-12(17)9-13/h2-4,9,14-15H,5-8,10-11H2,1H3,(H,18,21)/t14-,15+/m1/s1. The zero-order chi connectivity index (χ0) is 15.5. The van der Waals surface area contributed by atoms with Crippen LogP contribution in [0.2, 0.25) is 0 Å². The molecule has 3 rings (SSSR count). The Morgan fingerprint density at radius 1 is 1.45 bits per heavy atom. The summed E-state index contributed by atoms with van der Waals surface area (Å²) in [4.78, 5) is 16.6. The molecule has 0 bridgehead atoms. The first-order chi connectivity index (χ1) is 10.6. The molecular weight excluding hydrogens is 285 g/mol. The summed E-state index contributed by atoms with van der Waals surface area (Å²) in [5, 5.41) is 2.73. The molecule has 0 aliphatic carbocycles. The Kier molecular flexibility index (Phi) is 4.71. The van der Waals surface area contributed by atoms with Crippen molar-refractivity contribution in [1.29, 1.82) is 0 Å². The smallest absolute Gasteiger partial charge is 0.225 e. The third-order valence-corrected chi connectivity index (χ3v) is 4.42. The Labute approximate surface area is 130 Å². The number of hydrogen-bond donors (Lipinski definition) is 1. The van der Waals surface area contributed by atoms with Crippen molar-refractivity contribution in [2.75, 3.05) is 45.2 Å². The van der Waals surface area contributed by atoms with Crippen molar-refractivity contribution in [2.45, 2.75) is 18.6 Å². The molecule has 1 N–H and O–H groups in total. The molecular formula is C16H22FN3O2. The van der Waals surface area contributed by atoms with Crippen LogP contribution in [0.15, 0.2) is 24.3 Å². The number of nitrogens with zero attached hydrogens (tertiary/aromatic N) is 2. The second-order valence-electron chi connectivity index (χ2n) is 6.03. The number of carbonyl (C=O) groups excluding carboxylic acids is 1. The number of likely N-dealkylation sites (tertiary alicyclic amines) is 1. The molecule has 2 fully saturated rings. The van der Waals surface area contributed by atoms with Crippen molar-refractivity contribution in [3.8, 4) is 0 Å². The summed E-state index contributed by atoms with van der Waals surface area (Å²) in [6, 6.07) is 6.39. The molecule has 2 saturated heterocycles. The molecule has 0 radical (unpaired) electrons. The monoisotopic (exact) mass is 307 g/mol. The van der Waals surface area contributed by atoms with Crippen LogP contribution in [0.1, 0.15) is 6.42 Å². The molecule has 1 aromatic carbocycles. The van der Waals surface area contributed by atoms with E-state index >= 15 is 0 Å². The SMILES string of the molecule is CN1CCO[C@H]2CN(CCC(=O)Nc3cccc(F)c3)C[C@H]21. The van der Waals surface area contributed by atoms with E-state index in [1.165, 1.54) is 12.1 Å². The van der Waals surface area contributed by atoms with Crippen LogP contribution >= 0.6 is 0 Å². The lowest BCUT2D eigenvalue weighted by molar-refractivity contribution is -0.116. The fourth-order valence-electron chi connectivity index (χ4n) is 3.17. The van der Waals surface area contributed by atoms with Crippen LogP contribution in [-0.4, -0.2) is 67.7 Å². The van der Waals surface area contributed by atoms with E-state index in [1.54, 1.807) is 12.1 Å². The summed E-state index contributed by atoms with van der Waals surface area (Å²) in [5.41, 5.74) is 0.503. The minimum absolute atomic E-state index is 0.0882. The highest BCUT2D eigenvalue weighted by atomic mass is 19.1. The Morgan fingerprint density at radius 2 is 2.32 bits per heavy atom. The summed E-state index contributed by atoms with van der Waals surface area (Å²) in [6.07, 6.45) is 0.657. The van der Waals surface area contributed by atoms with Crippen molar-refractivity contribution in [3.05, 3.63) is 30.1 Å². The molecule has 2 atom stereocenters. The van der Waals surface area contributed by atoms with E-state index in [4.69, 9.17) is 4.74 Å². The van der Waals surface area contributed by atoms with Gasteiger partial charge in [0.15, 0.2) is 0 Å². The molecule has 1 amide bonds. The number of ether oxygens (including phenoxy) is 1. The lowest BCUT2D eigenvalue weighted by atomic mass is 10.1. The molecule has 0 aromatic heterocycles. The Hall–Kier alpha value is -1.50. The second-order valence-corrected chi connectivity index (χ2v) is 6.03. The third-order valence-electron chi connectivity index (χ3n) is 4.42. The maximum atomic E-state index is 13.1. The molecule has 22 heavy (non-hydrogen) atoms. The summed E-state index contributed by atoms with van der Waals surface area (Å²) in [6.45, 7) is 4.27. The van der Waals surface area contributed by atoms with Gasteiger partial charge in [0, 0.05) is 44.3 Å². The van der Waals surface area contributed by atoms with Crippen molar-refractivity contribution in [2.24, 2.45) is 0 Å². The van der Waals surface area contributed by atoms with Gasteiger partial charge in [-0.1, -0.05) is 6.07 Å². The number of anilines is 1. The average molecular weight is 307 g/mol. The van der Waals surface area contributed by atoms with Gasteiger partial charge in [-0.15, -0.1) is 0 Å². The minimum Gasteiger partial charge on any atom is -0.374 e. The van der Waals surface area contributed by atoms with E-state index in [0.29, 0.717) is 24.7 Å². The maximum Gasteiger partial charge on any atom is 0.225 e. The molecule has 120 valence electrons. The number of hydrogen-bond acceptors (Lipinski definition) is 4. The minimum atomic E-state index is -0.346. The third kappa shape index (κ3) is 3.63. The number of carbonyl (C=O) groups is 1. The average Bonchev–Trinajstić information content (AvgIpc) is 2.90. The molecule has 5 nitrogen and oxygen atoms in total. The van der Waals surface area contributed by atoms with E-state index in [2.05, 4.69) is 22.2 Å². The first-order valence-corrected chi connectivity index (χ1v) is 7.71. The van der Waals surface area contributed by atoms with Crippen LogP contribution in [-0.2, 0) is 9.53 Å². The lowest BCUT2D eigenvalue weighted by Gasteiger charge is -2.33. The number of likely N-dealkylation sites (N-methyl/N-ethyl adjacent to an activating group) is 1. The normalized spacial score (nSPS) is 25.9. The van der Waals surface area contributed by atoms with E-state index in [1.807, 2.05) is 0 Å². The van der Waals surface area contributed by atoms with Crippen LogP contribution in [0, 0.1) is 5.82 Å². The van der Waals surface area contributed by atoms with Gasteiger partial charge in [0.25, 0.3) is 0 Å². The van der Waals surface area contributed by atoms with Gasteiger partial charge in [-0.2, -0.15) is 0 Å². The Balaban J connectivity index is 1.46. The number of rotatable bonds is 4. The number of nitrogens with one attached hydrogen (secondary N) is 1. The summed E-state index contributed by atoms with van der Waals surface area (Å²) < 4.78 is 18.9. The van der Waals surface area contributed by atoms with Gasteiger partial charge in [-0.3, -0.25) is 14.6 Å². The molecule has 0 saturated carbocycles. The van der Waals surface area contributed by atoms with Gasteiger partial charge < -0.3 is 10.1 Å². The first-order valence-electron chi connectivity index (χ1n) is 7.71. The van der Waals surface area contributed by atoms with Gasteiger partial charge in [0.1, 0.15) is 5.82 Å². The van der Waals surface area contributed by atoms with Crippen LogP contribution < -0.4 is 5.32 Å². The second kappa shape index (κ2) is 6.73. The number of amides is 1. The lowest BCUT2D eigenvalue weighted by Crippen LogP contribution is -2.48. The summed E-state index contributed by atoms with van der Waals surface area (Å²) >= 11 is 0. The number of halogens is 1. The van der Waals surface area contributed by atoms with Gasteiger partial charge in [-0.05, 0) is 25.2 Å². The van der Waals surface area contributed by atoms with Gasteiger partial charge in [0.2, 0.25) is 5.91 Å². The molecule has 1 aromatic rings. The highest BCUT2D eigenvalue weighted by Crippen LogP contribution is 2.21. The maximum absolute atomic E-state index is 13.1. The Morgan fingerprint density at radius 3 is 3.09 bits per heavy atom. The van der Waals surface area contributed by atoms with Crippen LogP contribution in [0.5, 0.6) is 0 Å². The van der Waals surface area contributed by atoms with Crippen molar-refractivity contribution < 1.29 is 13.9 Å². The van der Waals surface area contributed by atoms with E-state index in [-0.39, 0.29) is 17.8 Å². The predicted octanol–water partition coefficient (Wildman–Crippen LogP) is 1.17. The number of morpholine rings is 1. The molecule has 0 spiro atoms. The fraction of sp³-hybridized carbons (Fsp3) is 0.562. The molecule has 6 heteroatoms. The van der Waals surface area contributed by atoms with Gasteiger partial charge in [-0.25, -0.2) is 4.39 Å². The summed E-state index contributed by atoms with van der Waals surface area (Å²) in [5.74, 6) is -0.434. The molecule has 2 aliphatic rings. The molecule has 0 unspecified atom stereocenters. The van der Waals surface area contributed by atoms with Crippen molar-refractivity contribution in [3.63, 3.8) is 0 Å². The largest absolute Gasteiger partial charge is 0.374 e. The predicted molar refractivity (Wildman–Crippen MR) is 82.2 cm³/mol. The van der Waals surface area contributed by atoms with Crippen molar-refractivity contribution in [1.82, 2.24) is 9.80 Å². The van der Waals surface area contributed by atoms with Crippen LogP contribution in [0.3, 0.4) is 0 Å². The van der Waals surface area contributed by atoms with Crippen molar-refractivity contribution >= 4 is 11.6 Å². The highest BCUT2D eigenvalue weighted by molar-refractivity contribution is 5.90. The zero-order valence-electron chi connectivity index (χ0n) is 12.8. The zero-order valence-corrected chi connectivity index (χ0v) is 12.8. The molecule has 2 aliphatic heterocycles. The topological polar surface area (TPSA) is 44.8 Å². The van der Waals surface area contributed by atoms with E-state index in [0.717, 1.165) is 26.2 Å². The van der Waals surface area contributed by atoms with Gasteiger partial charge >= 0.3 is 0 Å². The fourth-order valence-corrected chi connectivity index (χ4v) is 3.17. The number of benzene rings is 1. The number of fused-ring (bicyclic) bond motifs is 1. The quantitative estimate of drug-likeness (QED) is 0.907. The van der Waals surface area contributed by atoms with Crippen LogP contribution in [0.4, 0.5) is 10.1 Å². The van der Waals surface area contributed by atoms with Crippen LogP contribution in [0.25, 0.3) is 0 Å². The highest BCUT2D eigenvalue weighted by Gasteiger charge is 2.38. The Bertz CT molecular complexity index is 540. The van der Waals surface area contributed by atoms with E-state index < -0.39 is 0 Å². The summed E-state index contributed by atoms with van der Waals surface area (Å²) in [7, 11) is 2.13. The van der Waals surface area contributed by atoms with Gasteiger partial charge in [0.05, 0.1) is 12.7 Å². The first kappa shape index (κ1) is 15.4. The van der Waals surface area contributed by atoms with E-state index in [9.17, 15) is 9.18 Å². The molecule has 2 heterocycles.